The fourth-order valence-corrected chi connectivity index (χ4v) is 2.28. The monoisotopic (exact) mass is 402 g/mol. The quantitative estimate of drug-likeness (QED) is 0.583. The summed E-state index contributed by atoms with van der Waals surface area (Å²) in [5, 5.41) is 13.2. The van der Waals surface area contributed by atoms with E-state index < -0.39 is 22.6 Å². The minimum atomic E-state index is -4.55. The second-order valence-electron chi connectivity index (χ2n) is 4.90. The van der Waals surface area contributed by atoms with Gasteiger partial charge in [0.15, 0.2) is 0 Å². The molecule has 1 N–H and O–H groups in total. The van der Waals surface area contributed by atoms with Crippen molar-refractivity contribution in [3.05, 3.63) is 67.7 Å². The number of nitrogens with zero attached hydrogens (tertiary/aromatic N) is 1. The molecule has 2 aromatic carbocycles. The molecule has 5 nitrogen and oxygen atoms in total. The van der Waals surface area contributed by atoms with Gasteiger partial charge in [0.25, 0.3) is 11.6 Å². The van der Waals surface area contributed by atoms with E-state index in [1.807, 2.05) is 0 Å². The summed E-state index contributed by atoms with van der Waals surface area (Å²) < 4.78 is 38.5. The van der Waals surface area contributed by atoms with Crippen LogP contribution in [0.5, 0.6) is 0 Å². The van der Waals surface area contributed by atoms with E-state index in [2.05, 4.69) is 21.2 Å². The molecule has 2 rings (SSSR count). The molecule has 0 saturated carbocycles. The second-order valence-corrected chi connectivity index (χ2v) is 5.76. The summed E-state index contributed by atoms with van der Waals surface area (Å²) in [4.78, 5) is 22.5. The molecule has 0 aliphatic heterocycles. The second kappa shape index (κ2) is 6.60. The molecule has 0 aromatic heterocycles. The molecule has 0 spiro atoms. The van der Waals surface area contributed by atoms with E-state index in [9.17, 15) is 28.1 Å². The number of aryl methyl sites for hydroxylation is 1. The molecule has 0 heterocycles. The number of carbonyl (C=O) groups excluding carboxylic acids is 1. The van der Waals surface area contributed by atoms with Crippen LogP contribution in [0.25, 0.3) is 0 Å². The predicted octanol–water partition coefficient (Wildman–Crippen LogP) is 4.94. The Hall–Kier alpha value is -2.42. The molecule has 0 aliphatic rings. The fraction of sp³-hybridized carbons (Fsp3) is 0.133. The number of nitro groups is 1. The van der Waals surface area contributed by atoms with E-state index in [0.717, 1.165) is 24.3 Å². The zero-order valence-corrected chi connectivity index (χ0v) is 13.7. The Labute approximate surface area is 142 Å². The van der Waals surface area contributed by atoms with Crippen molar-refractivity contribution in [1.29, 1.82) is 0 Å². The Kier molecular flexibility index (Phi) is 4.93. The Balaban J connectivity index is 2.33. The zero-order chi connectivity index (χ0) is 18.1. The lowest BCUT2D eigenvalue weighted by atomic mass is 10.1. The molecular weight excluding hydrogens is 393 g/mol. The van der Waals surface area contributed by atoms with Crippen LogP contribution in [0.2, 0.25) is 0 Å². The highest BCUT2D eigenvalue weighted by atomic mass is 79.9. The molecule has 9 heteroatoms. The third-order valence-electron chi connectivity index (χ3n) is 3.21. The Morgan fingerprint density at radius 2 is 1.88 bits per heavy atom. The van der Waals surface area contributed by atoms with Crippen LogP contribution in [-0.2, 0) is 6.18 Å². The molecule has 126 valence electrons. The molecule has 1 amide bonds. The van der Waals surface area contributed by atoms with E-state index in [0.29, 0.717) is 5.56 Å². The van der Waals surface area contributed by atoms with Gasteiger partial charge in [0.2, 0.25) is 0 Å². The van der Waals surface area contributed by atoms with Crippen LogP contribution >= 0.6 is 15.9 Å². The highest BCUT2D eigenvalue weighted by Crippen LogP contribution is 2.34. The summed E-state index contributed by atoms with van der Waals surface area (Å²) in [5.41, 5.74) is -0.909. The summed E-state index contributed by atoms with van der Waals surface area (Å²) in [6.07, 6.45) is -4.55. The summed E-state index contributed by atoms with van der Waals surface area (Å²) in [6, 6.07) is 6.65. The highest BCUT2D eigenvalue weighted by molar-refractivity contribution is 9.10. The Morgan fingerprint density at radius 1 is 1.21 bits per heavy atom. The fourth-order valence-electron chi connectivity index (χ4n) is 1.94. The van der Waals surface area contributed by atoms with Gasteiger partial charge in [0.05, 0.1) is 16.2 Å². The van der Waals surface area contributed by atoms with Gasteiger partial charge in [-0.1, -0.05) is 6.07 Å². The number of alkyl halides is 3. The first-order valence-electron chi connectivity index (χ1n) is 6.52. The number of carbonyl (C=O) groups is 1. The number of nitro benzene ring substituents is 1. The van der Waals surface area contributed by atoms with Gasteiger partial charge >= 0.3 is 6.18 Å². The lowest BCUT2D eigenvalue weighted by Gasteiger charge is -2.12. The Morgan fingerprint density at radius 3 is 2.46 bits per heavy atom. The van der Waals surface area contributed by atoms with E-state index >= 15 is 0 Å². The van der Waals surface area contributed by atoms with Gasteiger partial charge in [0, 0.05) is 21.7 Å². The number of hydrogen-bond acceptors (Lipinski definition) is 3. The smallest absolute Gasteiger partial charge is 0.321 e. The molecule has 0 atom stereocenters. The molecular formula is C15H10BrF3N2O3. The summed E-state index contributed by atoms with van der Waals surface area (Å²) in [5.74, 6) is -0.752. The van der Waals surface area contributed by atoms with Gasteiger partial charge in [-0.3, -0.25) is 14.9 Å². The summed E-state index contributed by atoms with van der Waals surface area (Å²) in [6.45, 7) is 1.52. The normalized spacial score (nSPS) is 11.2. The largest absolute Gasteiger partial charge is 0.416 e. The van der Waals surface area contributed by atoms with Crippen LogP contribution in [0.4, 0.5) is 24.5 Å². The number of hydrogen-bond donors (Lipinski definition) is 1. The number of benzene rings is 2. The highest BCUT2D eigenvalue weighted by Gasteiger charge is 2.31. The summed E-state index contributed by atoms with van der Waals surface area (Å²) in [7, 11) is 0. The standard InChI is InChI=1S/C15H10BrF3N2O3/c1-8-2-3-9(6-13(8)21(23)24)14(22)20-12-7-10(15(17,18)19)4-5-11(12)16/h2-7H,1H3,(H,20,22). The SMILES string of the molecule is Cc1ccc(C(=O)Nc2cc(C(F)(F)F)ccc2Br)cc1[N+](=O)[O-]. The lowest BCUT2D eigenvalue weighted by Crippen LogP contribution is -2.14. The van der Waals surface area contributed by atoms with E-state index in [-0.39, 0.29) is 21.4 Å². The number of anilines is 1. The van der Waals surface area contributed by atoms with E-state index in [1.165, 1.54) is 19.1 Å². The van der Waals surface area contributed by atoms with Gasteiger partial charge in [-0.2, -0.15) is 13.2 Å². The number of halogens is 4. The number of nitrogens with one attached hydrogen (secondary N) is 1. The van der Waals surface area contributed by atoms with Crippen molar-refractivity contribution in [2.45, 2.75) is 13.1 Å². The van der Waals surface area contributed by atoms with Gasteiger partial charge in [-0.15, -0.1) is 0 Å². The topological polar surface area (TPSA) is 72.2 Å². The average molecular weight is 403 g/mol. The minimum absolute atomic E-state index is 0.0309. The predicted molar refractivity (Wildman–Crippen MR) is 84.9 cm³/mol. The van der Waals surface area contributed by atoms with Crippen LogP contribution in [0.15, 0.2) is 40.9 Å². The van der Waals surface area contributed by atoms with Crippen LogP contribution in [0.3, 0.4) is 0 Å². The molecule has 24 heavy (non-hydrogen) atoms. The minimum Gasteiger partial charge on any atom is -0.321 e. The average Bonchev–Trinajstić information content (AvgIpc) is 2.48. The van der Waals surface area contributed by atoms with Crippen LogP contribution in [0, 0.1) is 17.0 Å². The van der Waals surface area contributed by atoms with Crippen molar-refractivity contribution in [2.24, 2.45) is 0 Å². The maximum Gasteiger partial charge on any atom is 0.416 e. The van der Waals surface area contributed by atoms with Crippen molar-refractivity contribution in [2.75, 3.05) is 5.32 Å². The third kappa shape index (κ3) is 3.91. The van der Waals surface area contributed by atoms with Crippen molar-refractivity contribution in [1.82, 2.24) is 0 Å². The summed E-state index contributed by atoms with van der Waals surface area (Å²) >= 11 is 3.06. The molecule has 0 unspecified atom stereocenters. The molecule has 0 radical (unpaired) electrons. The van der Waals surface area contributed by atoms with Gasteiger partial charge in [-0.05, 0) is 47.1 Å². The molecule has 0 fully saturated rings. The van der Waals surface area contributed by atoms with Crippen LogP contribution < -0.4 is 5.32 Å². The van der Waals surface area contributed by atoms with Crippen LogP contribution in [-0.4, -0.2) is 10.8 Å². The van der Waals surface area contributed by atoms with Crippen molar-refractivity contribution < 1.29 is 22.9 Å². The van der Waals surface area contributed by atoms with Crippen molar-refractivity contribution >= 4 is 33.2 Å². The Bertz CT molecular complexity index is 822. The van der Waals surface area contributed by atoms with Crippen molar-refractivity contribution in [3.63, 3.8) is 0 Å². The van der Waals surface area contributed by atoms with Crippen LogP contribution in [0.1, 0.15) is 21.5 Å². The number of amides is 1. The van der Waals surface area contributed by atoms with Gasteiger partial charge in [0.1, 0.15) is 0 Å². The maximum absolute atomic E-state index is 12.7. The first-order chi connectivity index (χ1) is 11.1. The molecule has 2 aromatic rings. The maximum atomic E-state index is 12.7. The first kappa shape index (κ1) is 17.9. The van der Waals surface area contributed by atoms with Gasteiger partial charge < -0.3 is 5.32 Å². The van der Waals surface area contributed by atoms with E-state index in [1.54, 1.807) is 0 Å². The molecule has 0 saturated heterocycles. The molecule has 0 bridgehead atoms. The number of rotatable bonds is 3. The van der Waals surface area contributed by atoms with E-state index in [4.69, 9.17) is 0 Å². The zero-order valence-electron chi connectivity index (χ0n) is 12.1. The molecule has 0 aliphatic carbocycles. The first-order valence-corrected chi connectivity index (χ1v) is 7.32. The lowest BCUT2D eigenvalue weighted by molar-refractivity contribution is -0.385. The third-order valence-corrected chi connectivity index (χ3v) is 3.90. The van der Waals surface area contributed by atoms with Gasteiger partial charge in [-0.25, -0.2) is 0 Å². The van der Waals surface area contributed by atoms with Crippen molar-refractivity contribution in [3.8, 4) is 0 Å².